The summed E-state index contributed by atoms with van der Waals surface area (Å²) < 4.78 is 33.1. The maximum Gasteiger partial charge on any atom is 0.287 e. The zero-order chi connectivity index (χ0) is 27.6. The van der Waals surface area contributed by atoms with E-state index in [4.69, 9.17) is 4.42 Å². The monoisotopic (exact) mass is 552 g/mol. The van der Waals surface area contributed by atoms with Crippen LogP contribution in [0.1, 0.15) is 56.0 Å². The minimum absolute atomic E-state index is 0.114. The molecule has 39 heavy (non-hydrogen) atoms. The predicted octanol–water partition coefficient (Wildman–Crippen LogP) is 3.05. The molecule has 0 unspecified atom stereocenters. The second kappa shape index (κ2) is 10.9. The smallest absolute Gasteiger partial charge is 0.287 e. The molecule has 3 heterocycles. The lowest BCUT2D eigenvalue weighted by atomic mass is 9.80. The molecule has 2 amide bonds. The van der Waals surface area contributed by atoms with Gasteiger partial charge in [0.05, 0.1) is 12.6 Å². The van der Waals surface area contributed by atoms with Crippen LogP contribution in [-0.2, 0) is 19.6 Å². The van der Waals surface area contributed by atoms with Gasteiger partial charge in [0, 0.05) is 18.1 Å². The predicted molar refractivity (Wildman–Crippen MR) is 143 cm³/mol. The number of nitrogens with zero attached hydrogens (tertiary/aromatic N) is 2. The van der Waals surface area contributed by atoms with E-state index in [1.54, 1.807) is 24.3 Å². The maximum absolute atomic E-state index is 13.8. The molecule has 10 nitrogen and oxygen atoms in total. The molecule has 1 aromatic carbocycles. The van der Waals surface area contributed by atoms with Crippen LogP contribution in [0.4, 0.5) is 0 Å². The van der Waals surface area contributed by atoms with Crippen LogP contribution >= 0.6 is 0 Å². The normalized spacial score (nSPS) is 22.2. The van der Waals surface area contributed by atoms with Crippen LogP contribution in [0.3, 0.4) is 0 Å². The molecule has 0 radical (unpaired) electrons. The Morgan fingerprint density at radius 2 is 1.82 bits per heavy atom. The van der Waals surface area contributed by atoms with Crippen LogP contribution in [-0.4, -0.2) is 60.0 Å². The zero-order valence-corrected chi connectivity index (χ0v) is 22.6. The summed E-state index contributed by atoms with van der Waals surface area (Å²) in [5.74, 6) is -1.52. The highest BCUT2D eigenvalue weighted by molar-refractivity contribution is 7.89. The van der Waals surface area contributed by atoms with Crippen molar-refractivity contribution in [2.75, 3.05) is 13.1 Å². The van der Waals surface area contributed by atoms with Crippen LogP contribution in [0, 0.1) is 5.92 Å². The fraction of sp³-hybridized carbons (Fsp3) is 0.429. The molecule has 2 aliphatic rings. The van der Waals surface area contributed by atoms with Crippen molar-refractivity contribution in [2.45, 2.75) is 62.1 Å². The lowest BCUT2D eigenvalue weighted by Gasteiger charge is -2.38. The van der Waals surface area contributed by atoms with E-state index in [0.717, 1.165) is 29.0 Å². The van der Waals surface area contributed by atoms with E-state index >= 15 is 0 Å². The lowest BCUT2D eigenvalue weighted by Crippen LogP contribution is -2.62. The van der Waals surface area contributed by atoms with Crippen LogP contribution in [0.2, 0.25) is 0 Å². The Labute approximate surface area is 227 Å². The van der Waals surface area contributed by atoms with Crippen molar-refractivity contribution < 1.29 is 27.2 Å². The van der Waals surface area contributed by atoms with Gasteiger partial charge in [-0.1, -0.05) is 50.5 Å². The van der Waals surface area contributed by atoms with Gasteiger partial charge in [-0.15, -0.1) is 0 Å². The molecule has 2 N–H and O–H groups in total. The van der Waals surface area contributed by atoms with Gasteiger partial charge < -0.3 is 15.1 Å². The number of carbonyl (C=O) groups excluding carboxylic acids is 3. The molecule has 1 aliphatic carbocycles. The summed E-state index contributed by atoms with van der Waals surface area (Å²) in [6, 6.07) is 12.6. The number of hydrogen-bond donors (Lipinski definition) is 2. The number of ketones is 1. The molecule has 1 saturated heterocycles. The van der Waals surface area contributed by atoms with Crippen molar-refractivity contribution >= 4 is 38.6 Å². The van der Waals surface area contributed by atoms with Gasteiger partial charge in [0.1, 0.15) is 11.1 Å². The maximum atomic E-state index is 13.8. The average Bonchev–Trinajstić information content (AvgIpc) is 3.33. The standard InChI is InChI=1S/C28H32N4O6S/c1-19-12-16-32(39(36,37)24-11-5-8-15-29-24)18-21(33)25(19)30-27(35)28(13-6-2-7-14-28)31-26(34)23-17-20-9-3-4-10-22(20)38-23/h3-5,8-11,15,17,19,25H,2,6-7,12-14,16,18H2,1H3,(H,30,35)(H,31,34)/t19-,25+/m1/s1. The highest BCUT2D eigenvalue weighted by Crippen LogP contribution is 2.31. The lowest BCUT2D eigenvalue weighted by molar-refractivity contribution is -0.133. The Kier molecular flexibility index (Phi) is 7.55. The molecule has 3 aromatic rings. The fourth-order valence-electron chi connectivity index (χ4n) is 5.46. The molecular weight excluding hydrogens is 520 g/mol. The average molecular weight is 553 g/mol. The molecule has 2 atom stereocenters. The summed E-state index contributed by atoms with van der Waals surface area (Å²) in [6.45, 7) is 1.58. The minimum atomic E-state index is -3.96. The highest BCUT2D eigenvalue weighted by Gasteiger charge is 2.44. The van der Waals surface area contributed by atoms with E-state index in [-0.39, 0.29) is 29.8 Å². The molecule has 2 aromatic heterocycles. The number of furan rings is 1. The number of carbonyl (C=O) groups is 3. The molecular formula is C28H32N4O6S. The van der Waals surface area contributed by atoms with Crippen molar-refractivity contribution in [3.63, 3.8) is 0 Å². The number of sulfonamides is 1. The van der Waals surface area contributed by atoms with Gasteiger partial charge in [-0.3, -0.25) is 14.4 Å². The topological polar surface area (TPSA) is 139 Å². The third kappa shape index (κ3) is 5.46. The third-order valence-corrected chi connectivity index (χ3v) is 9.52. The summed E-state index contributed by atoms with van der Waals surface area (Å²) in [6.07, 6.45) is 5.06. The molecule has 11 heteroatoms. The first kappa shape index (κ1) is 27.0. The van der Waals surface area contributed by atoms with Gasteiger partial charge in [0.25, 0.3) is 15.9 Å². The summed E-state index contributed by atoms with van der Waals surface area (Å²) in [7, 11) is -3.96. The first-order valence-corrected chi connectivity index (χ1v) is 14.7. The van der Waals surface area contributed by atoms with Crippen LogP contribution in [0.25, 0.3) is 11.0 Å². The summed E-state index contributed by atoms with van der Waals surface area (Å²) >= 11 is 0. The van der Waals surface area contributed by atoms with Gasteiger partial charge in [-0.2, -0.15) is 4.31 Å². The number of benzene rings is 1. The van der Waals surface area contributed by atoms with Crippen molar-refractivity contribution in [3.8, 4) is 0 Å². The first-order chi connectivity index (χ1) is 18.7. The number of rotatable bonds is 6. The summed E-state index contributed by atoms with van der Waals surface area (Å²) in [4.78, 5) is 44.3. The van der Waals surface area contributed by atoms with E-state index in [1.807, 2.05) is 25.1 Å². The molecule has 2 fully saturated rings. The molecule has 206 valence electrons. The fourth-order valence-corrected chi connectivity index (χ4v) is 6.81. The number of para-hydroxylation sites is 1. The van der Waals surface area contributed by atoms with Crippen molar-refractivity contribution in [1.29, 1.82) is 0 Å². The van der Waals surface area contributed by atoms with E-state index in [1.165, 1.54) is 12.3 Å². The van der Waals surface area contributed by atoms with Gasteiger partial charge in [-0.05, 0) is 49.4 Å². The number of fused-ring (bicyclic) bond motifs is 1. The number of pyridine rings is 1. The minimum Gasteiger partial charge on any atom is -0.451 e. The number of aromatic nitrogens is 1. The van der Waals surface area contributed by atoms with Gasteiger partial charge in [0.2, 0.25) is 5.91 Å². The zero-order valence-electron chi connectivity index (χ0n) is 21.8. The Hall–Kier alpha value is -3.57. The van der Waals surface area contributed by atoms with Gasteiger partial charge in [-0.25, -0.2) is 13.4 Å². The number of nitrogens with one attached hydrogen (secondary N) is 2. The van der Waals surface area contributed by atoms with Crippen molar-refractivity contribution in [3.05, 3.63) is 60.5 Å². The Morgan fingerprint density at radius 3 is 2.54 bits per heavy atom. The third-order valence-electron chi connectivity index (χ3n) is 7.75. The quantitative estimate of drug-likeness (QED) is 0.479. The summed E-state index contributed by atoms with van der Waals surface area (Å²) in [5, 5.41) is 6.48. The Balaban J connectivity index is 1.33. The van der Waals surface area contributed by atoms with Crippen molar-refractivity contribution in [2.24, 2.45) is 5.92 Å². The Morgan fingerprint density at radius 1 is 1.08 bits per heavy atom. The summed E-state index contributed by atoms with van der Waals surface area (Å²) in [5.41, 5.74) is -0.617. The number of hydrogen-bond acceptors (Lipinski definition) is 7. The second-order valence-electron chi connectivity index (χ2n) is 10.4. The second-order valence-corrected chi connectivity index (χ2v) is 12.3. The number of Topliss-reactive ketones (excluding diaryl/α,β-unsaturated/α-hetero) is 1. The van der Waals surface area contributed by atoms with Crippen LogP contribution < -0.4 is 10.6 Å². The van der Waals surface area contributed by atoms with E-state index in [2.05, 4.69) is 15.6 Å². The van der Waals surface area contributed by atoms with Crippen molar-refractivity contribution in [1.82, 2.24) is 19.9 Å². The first-order valence-electron chi connectivity index (χ1n) is 13.3. The van der Waals surface area contributed by atoms with Crippen LogP contribution in [0.5, 0.6) is 0 Å². The Bertz CT molecular complexity index is 1450. The van der Waals surface area contributed by atoms with E-state index < -0.39 is 39.2 Å². The molecule has 0 bridgehead atoms. The molecule has 5 rings (SSSR count). The largest absolute Gasteiger partial charge is 0.451 e. The van der Waals surface area contributed by atoms with Gasteiger partial charge in [0.15, 0.2) is 16.6 Å². The SMILES string of the molecule is C[C@@H]1CCN(S(=O)(=O)c2ccccn2)CC(=O)[C@H]1NC(=O)C1(NC(=O)c2cc3ccccc3o2)CCCCC1. The van der Waals surface area contributed by atoms with Gasteiger partial charge >= 0.3 is 0 Å². The van der Waals surface area contributed by atoms with E-state index in [0.29, 0.717) is 24.8 Å². The molecule has 0 spiro atoms. The number of amides is 2. The van der Waals surface area contributed by atoms with E-state index in [9.17, 15) is 22.8 Å². The molecule has 1 saturated carbocycles. The highest BCUT2D eigenvalue weighted by atomic mass is 32.2. The van der Waals surface area contributed by atoms with Crippen LogP contribution in [0.15, 0.2) is 64.2 Å². The molecule has 1 aliphatic heterocycles.